The van der Waals surface area contributed by atoms with E-state index in [9.17, 15) is 0 Å². The van der Waals surface area contributed by atoms with Crippen LogP contribution in [0.15, 0.2) is 12.1 Å². The van der Waals surface area contributed by atoms with Crippen LogP contribution < -0.4 is 5.32 Å². The first-order valence-corrected chi connectivity index (χ1v) is 5.55. The quantitative estimate of drug-likeness (QED) is 0.825. The van der Waals surface area contributed by atoms with Crippen LogP contribution in [0.1, 0.15) is 30.7 Å². The number of aromatic nitrogens is 1. The van der Waals surface area contributed by atoms with E-state index in [1.807, 2.05) is 19.1 Å². The van der Waals surface area contributed by atoms with Gasteiger partial charge >= 0.3 is 0 Å². The predicted octanol–water partition coefficient (Wildman–Crippen LogP) is 2.20. The summed E-state index contributed by atoms with van der Waals surface area (Å²) < 4.78 is 5.59. The largest absolute Gasteiger partial charge is 0.359 e. The van der Waals surface area contributed by atoms with Crippen LogP contribution in [0.5, 0.6) is 0 Å². The van der Waals surface area contributed by atoms with Gasteiger partial charge in [0, 0.05) is 6.61 Å². The number of aryl methyl sites for hydroxylation is 1. The topological polar surface area (TPSA) is 57.9 Å². The number of pyridine rings is 1. The molecule has 0 aromatic carbocycles. The Morgan fingerprint density at radius 3 is 3.00 bits per heavy atom. The summed E-state index contributed by atoms with van der Waals surface area (Å²) in [5.41, 5.74) is 2.24. The van der Waals surface area contributed by atoms with Crippen molar-refractivity contribution in [3.05, 3.63) is 23.5 Å². The van der Waals surface area contributed by atoms with Gasteiger partial charge < -0.3 is 10.1 Å². The lowest BCUT2D eigenvalue weighted by atomic mass is 10.2. The van der Waals surface area contributed by atoms with Gasteiger partial charge in [0.25, 0.3) is 0 Å². The highest BCUT2D eigenvalue weighted by Gasteiger charge is 2.14. The Bertz CT molecular complexity index is 405. The van der Waals surface area contributed by atoms with Crippen molar-refractivity contribution in [1.29, 1.82) is 5.26 Å². The van der Waals surface area contributed by atoms with Crippen molar-refractivity contribution in [2.75, 3.05) is 11.9 Å². The maximum absolute atomic E-state index is 8.72. The van der Waals surface area contributed by atoms with Gasteiger partial charge in [0.1, 0.15) is 18.0 Å². The molecule has 0 amide bonds. The number of nitriles is 1. The summed E-state index contributed by atoms with van der Waals surface area (Å²) in [6, 6.07) is 5.64. The zero-order valence-electron chi connectivity index (χ0n) is 9.36. The molecule has 2 rings (SSSR count). The minimum atomic E-state index is 0.0854. The molecule has 1 aliphatic heterocycles. The van der Waals surface area contributed by atoms with Gasteiger partial charge in [-0.2, -0.15) is 5.26 Å². The van der Waals surface area contributed by atoms with E-state index < -0.39 is 0 Å². The van der Waals surface area contributed by atoms with Gasteiger partial charge in [-0.1, -0.05) is 0 Å². The summed E-state index contributed by atoms with van der Waals surface area (Å²) in [7, 11) is 0. The molecule has 0 aliphatic carbocycles. The lowest BCUT2D eigenvalue weighted by Gasteiger charge is -2.24. The monoisotopic (exact) mass is 217 g/mol. The summed E-state index contributed by atoms with van der Waals surface area (Å²) in [5, 5.41) is 12.0. The fraction of sp³-hybridized carbons (Fsp3) is 0.500. The Hall–Kier alpha value is -1.60. The standard InChI is InChI=1S/C12H15N3O/c1-9-11(6-5-10(8-13)14-9)15-12-4-2-3-7-16-12/h5-6,12,15H,2-4,7H2,1H3. The van der Waals surface area contributed by atoms with E-state index in [4.69, 9.17) is 10.00 Å². The molecule has 4 heteroatoms. The van der Waals surface area contributed by atoms with Crippen LogP contribution in [0.2, 0.25) is 0 Å². The molecular formula is C12H15N3O. The van der Waals surface area contributed by atoms with E-state index in [-0.39, 0.29) is 6.23 Å². The fourth-order valence-electron chi connectivity index (χ4n) is 1.80. The van der Waals surface area contributed by atoms with Crippen LogP contribution in [0.3, 0.4) is 0 Å². The van der Waals surface area contributed by atoms with Crippen LogP contribution in [-0.2, 0) is 4.74 Å². The summed E-state index contributed by atoms with van der Waals surface area (Å²) in [6.07, 6.45) is 3.45. The lowest BCUT2D eigenvalue weighted by molar-refractivity contribution is 0.0343. The lowest BCUT2D eigenvalue weighted by Crippen LogP contribution is -2.27. The van der Waals surface area contributed by atoms with E-state index in [0.717, 1.165) is 30.8 Å². The SMILES string of the molecule is Cc1nc(C#N)ccc1NC1CCCCO1. The first kappa shape index (κ1) is 10.9. The highest BCUT2D eigenvalue weighted by molar-refractivity contribution is 5.49. The number of anilines is 1. The van der Waals surface area contributed by atoms with Gasteiger partial charge in [0.2, 0.25) is 0 Å². The summed E-state index contributed by atoms with van der Waals surface area (Å²) in [6.45, 7) is 2.71. The molecule has 1 aromatic rings. The van der Waals surface area contributed by atoms with Crippen LogP contribution in [0.25, 0.3) is 0 Å². The van der Waals surface area contributed by atoms with Crippen LogP contribution in [0, 0.1) is 18.3 Å². The van der Waals surface area contributed by atoms with Crippen LogP contribution >= 0.6 is 0 Å². The molecule has 0 radical (unpaired) electrons. The molecule has 2 heterocycles. The molecule has 1 unspecified atom stereocenters. The average molecular weight is 217 g/mol. The highest BCUT2D eigenvalue weighted by Crippen LogP contribution is 2.19. The van der Waals surface area contributed by atoms with Crippen LogP contribution in [0.4, 0.5) is 5.69 Å². The molecule has 1 fully saturated rings. The minimum absolute atomic E-state index is 0.0854. The summed E-state index contributed by atoms with van der Waals surface area (Å²) >= 11 is 0. The molecule has 4 nitrogen and oxygen atoms in total. The maximum atomic E-state index is 8.72. The van der Waals surface area contributed by atoms with E-state index in [1.165, 1.54) is 6.42 Å². The molecule has 0 bridgehead atoms. The van der Waals surface area contributed by atoms with Gasteiger partial charge in [-0.05, 0) is 38.3 Å². The Morgan fingerprint density at radius 2 is 2.38 bits per heavy atom. The predicted molar refractivity (Wildman–Crippen MR) is 60.9 cm³/mol. The second kappa shape index (κ2) is 4.95. The molecule has 16 heavy (non-hydrogen) atoms. The number of nitrogens with one attached hydrogen (secondary N) is 1. The van der Waals surface area contributed by atoms with Crippen molar-refractivity contribution in [3.8, 4) is 6.07 Å². The van der Waals surface area contributed by atoms with Crippen molar-refractivity contribution in [3.63, 3.8) is 0 Å². The number of hydrogen-bond donors (Lipinski definition) is 1. The molecule has 1 aliphatic rings. The van der Waals surface area contributed by atoms with Crippen molar-refractivity contribution in [2.24, 2.45) is 0 Å². The molecular weight excluding hydrogens is 202 g/mol. The Labute approximate surface area is 95.3 Å². The number of ether oxygens (including phenoxy) is 1. The average Bonchev–Trinajstić information content (AvgIpc) is 2.33. The third-order valence-electron chi connectivity index (χ3n) is 2.70. The van der Waals surface area contributed by atoms with Gasteiger partial charge in [-0.3, -0.25) is 0 Å². The smallest absolute Gasteiger partial charge is 0.140 e. The first-order valence-electron chi connectivity index (χ1n) is 5.55. The fourth-order valence-corrected chi connectivity index (χ4v) is 1.80. The van der Waals surface area contributed by atoms with Gasteiger partial charge in [-0.15, -0.1) is 0 Å². The normalized spacial score (nSPS) is 20.1. The second-order valence-corrected chi connectivity index (χ2v) is 3.94. The first-order chi connectivity index (χ1) is 7.79. The third kappa shape index (κ3) is 2.50. The molecule has 1 saturated heterocycles. The second-order valence-electron chi connectivity index (χ2n) is 3.94. The van der Waals surface area contributed by atoms with Gasteiger partial charge in [0.05, 0.1) is 11.4 Å². The summed E-state index contributed by atoms with van der Waals surface area (Å²) in [4.78, 5) is 4.18. The van der Waals surface area contributed by atoms with E-state index in [2.05, 4.69) is 10.3 Å². The zero-order chi connectivity index (χ0) is 11.4. The van der Waals surface area contributed by atoms with Crippen molar-refractivity contribution < 1.29 is 4.74 Å². The Kier molecular flexibility index (Phi) is 3.37. The zero-order valence-corrected chi connectivity index (χ0v) is 9.36. The maximum Gasteiger partial charge on any atom is 0.140 e. The van der Waals surface area contributed by atoms with E-state index >= 15 is 0 Å². The minimum Gasteiger partial charge on any atom is -0.359 e. The number of hydrogen-bond acceptors (Lipinski definition) is 4. The van der Waals surface area contributed by atoms with Gasteiger partial charge in [-0.25, -0.2) is 4.98 Å². The van der Waals surface area contributed by atoms with E-state index in [1.54, 1.807) is 6.07 Å². The Balaban J connectivity index is 2.06. The van der Waals surface area contributed by atoms with Crippen molar-refractivity contribution >= 4 is 5.69 Å². The molecule has 1 N–H and O–H groups in total. The molecule has 1 aromatic heterocycles. The molecule has 84 valence electrons. The highest BCUT2D eigenvalue weighted by atomic mass is 16.5. The molecule has 0 saturated carbocycles. The third-order valence-corrected chi connectivity index (χ3v) is 2.70. The van der Waals surface area contributed by atoms with Crippen LogP contribution in [-0.4, -0.2) is 17.8 Å². The van der Waals surface area contributed by atoms with Crippen molar-refractivity contribution in [1.82, 2.24) is 4.98 Å². The molecule has 1 atom stereocenters. The van der Waals surface area contributed by atoms with Gasteiger partial charge in [0.15, 0.2) is 0 Å². The van der Waals surface area contributed by atoms with Crippen molar-refractivity contribution in [2.45, 2.75) is 32.4 Å². The molecule has 0 spiro atoms. The summed E-state index contributed by atoms with van der Waals surface area (Å²) in [5.74, 6) is 0. The number of nitrogens with zero attached hydrogens (tertiary/aromatic N) is 2. The van der Waals surface area contributed by atoms with E-state index in [0.29, 0.717) is 5.69 Å². The Morgan fingerprint density at radius 1 is 1.50 bits per heavy atom. The number of rotatable bonds is 2.